The largest absolute Gasteiger partial charge is 0.334 e. The van der Waals surface area contributed by atoms with E-state index in [0.29, 0.717) is 17.9 Å². The van der Waals surface area contributed by atoms with Crippen molar-refractivity contribution in [2.75, 3.05) is 6.54 Å². The van der Waals surface area contributed by atoms with Crippen LogP contribution in [0.4, 0.5) is 0 Å². The number of likely N-dealkylation sites (tertiary alicyclic amines) is 1. The predicted octanol–water partition coefficient (Wildman–Crippen LogP) is 0.362. The van der Waals surface area contributed by atoms with Crippen molar-refractivity contribution in [2.24, 2.45) is 0 Å². The Morgan fingerprint density at radius 3 is 2.96 bits per heavy atom. The average Bonchev–Trinajstić information content (AvgIpc) is 3.24. The molecule has 1 fully saturated rings. The third-order valence-electron chi connectivity index (χ3n) is 3.93. The molecule has 0 saturated carbocycles. The number of amides is 1. The minimum absolute atomic E-state index is 0.00497. The van der Waals surface area contributed by atoms with E-state index < -0.39 is 10.0 Å². The molecule has 1 saturated heterocycles. The van der Waals surface area contributed by atoms with Crippen molar-refractivity contribution in [3.8, 4) is 0 Å². The summed E-state index contributed by atoms with van der Waals surface area (Å²) in [6.07, 6.45) is 7.41. The molecule has 0 aromatic carbocycles. The molecule has 1 atom stereocenters. The number of aromatic nitrogens is 4. The second kappa shape index (κ2) is 6.65. The number of H-pyrrole nitrogens is 1. The summed E-state index contributed by atoms with van der Waals surface area (Å²) in [6.45, 7) is 2.26. The van der Waals surface area contributed by atoms with Crippen molar-refractivity contribution < 1.29 is 13.2 Å². The topological polar surface area (TPSA) is 121 Å². The van der Waals surface area contributed by atoms with E-state index in [2.05, 4.69) is 24.9 Å². The van der Waals surface area contributed by atoms with Gasteiger partial charge in [-0.25, -0.2) is 13.1 Å². The zero-order valence-electron chi connectivity index (χ0n) is 13.1. The van der Waals surface area contributed by atoms with Gasteiger partial charge in [-0.1, -0.05) is 0 Å². The zero-order chi connectivity index (χ0) is 17.2. The van der Waals surface area contributed by atoms with Gasteiger partial charge in [-0.05, 0) is 12.8 Å². The van der Waals surface area contributed by atoms with Gasteiger partial charge < -0.3 is 4.90 Å². The highest BCUT2D eigenvalue weighted by atomic mass is 32.2. The number of rotatable bonds is 5. The first-order valence-corrected chi connectivity index (χ1v) is 9.02. The van der Waals surface area contributed by atoms with E-state index in [1.165, 1.54) is 25.5 Å². The first-order valence-electron chi connectivity index (χ1n) is 7.54. The number of hydrogen-bond donors (Lipinski definition) is 2. The Labute approximate surface area is 139 Å². The molecule has 0 radical (unpaired) electrons. The fraction of sp³-hybridized carbons (Fsp3) is 0.429. The lowest BCUT2D eigenvalue weighted by atomic mass is 10.1. The summed E-state index contributed by atoms with van der Waals surface area (Å²) in [4.78, 5) is 22.1. The summed E-state index contributed by atoms with van der Waals surface area (Å²) in [5, 5.41) is 6.09. The highest BCUT2D eigenvalue weighted by Crippen LogP contribution is 2.30. The summed E-state index contributed by atoms with van der Waals surface area (Å²) in [7, 11) is -3.65. The molecule has 10 heteroatoms. The normalized spacial score (nSPS) is 18.0. The maximum absolute atomic E-state index is 12.1. The Balaban J connectivity index is 1.73. The van der Waals surface area contributed by atoms with Crippen LogP contribution in [-0.4, -0.2) is 45.9 Å². The molecule has 2 aromatic heterocycles. The van der Waals surface area contributed by atoms with Crippen molar-refractivity contribution in [2.45, 2.75) is 37.2 Å². The molecule has 9 nitrogen and oxygen atoms in total. The summed E-state index contributed by atoms with van der Waals surface area (Å²) >= 11 is 0. The number of carbonyl (C=O) groups is 1. The zero-order valence-corrected chi connectivity index (χ0v) is 14.0. The van der Waals surface area contributed by atoms with Crippen LogP contribution in [0.25, 0.3) is 0 Å². The highest BCUT2D eigenvalue weighted by Gasteiger charge is 2.29. The third kappa shape index (κ3) is 3.44. The van der Waals surface area contributed by atoms with Gasteiger partial charge in [-0.3, -0.25) is 19.9 Å². The van der Waals surface area contributed by atoms with Crippen LogP contribution in [0.15, 0.2) is 29.7 Å². The Kier molecular flexibility index (Phi) is 4.58. The van der Waals surface area contributed by atoms with E-state index in [1.807, 2.05) is 0 Å². The second-order valence-electron chi connectivity index (χ2n) is 5.56. The standard InChI is InChI=1S/C14H18N6O3S/c1-10(21)20-4-2-3-14(20)13-9-15-5-11(19-13)6-18-24(22,23)12-7-16-17-8-12/h5,7-9,14,18H,2-4,6H2,1H3,(H,16,17)/t14-/m0/s1. The van der Waals surface area contributed by atoms with Crippen LogP contribution in [0.1, 0.15) is 37.2 Å². The second-order valence-corrected chi connectivity index (χ2v) is 7.33. The van der Waals surface area contributed by atoms with Gasteiger partial charge >= 0.3 is 0 Å². The first-order chi connectivity index (χ1) is 11.5. The summed E-state index contributed by atoms with van der Waals surface area (Å²) in [6, 6.07) is -0.0968. The fourth-order valence-corrected chi connectivity index (χ4v) is 3.66. The van der Waals surface area contributed by atoms with Gasteiger partial charge in [-0.2, -0.15) is 5.10 Å². The fourth-order valence-electron chi connectivity index (χ4n) is 2.76. The van der Waals surface area contributed by atoms with Crippen LogP contribution in [0, 0.1) is 0 Å². The maximum atomic E-state index is 12.1. The SMILES string of the molecule is CC(=O)N1CCC[C@H]1c1cncc(CNS(=O)(=O)c2cn[nH]c2)n1. The number of sulfonamides is 1. The molecule has 0 unspecified atom stereocenters. The molecular formula is C14H18N6O3S. The molecule has 0 spiro atoms. The van der Waals surface area contributed by atoms with Gasteiger partial charge in [-0.15, -0.1) is 0 Å². The van der Waals surface area contributed by atoms with E-state index in [1.54, 1.807) is 11.1 Å². The number of hydrogen-bond acceptors (Lipinski definition) is 6. The molecule has 2 aromatic rings. The molecule has 1 amide bonds. The van der Waals surface area contributed by atoms with Crippen molar-refractivity contribution in [3.63, 3.8) is 0 Å². The van der Waals surface area contributed by atoms with Crippen LogP contribution in [0.3, 0.4) is 0 Å². The van der Waals surface area contributed by atoms with Crippen molar-refractivity contribution in [3.05, 3.63) is 36.2 Å². The number of nitrogens with one attached hydrogen (secondary N) is 2. The lowest BCUT2D eigenvalue weighted by Crippen LogP contribution is -2.29. The monoisotopic (exact) mass is 350 g/mol. The summed E-state index contributed by atoms with van der Waals surface area (Å²) in [5.74, 6) is 0.00497. The van der Waals surface area contributed by atoms with Crippen LogP contribution in [0.5, 0.6) is 0 Å². The van der Waals surface area contributed by atoms with Gasteiger partial charge in [0.25, 0.3) is 0 Å². The van der Waals surface area contributed by atoms with Crippen molar-refractivity contribution in [1.29, 1.82) is 0 Å². The van der Waals surface area contributed by atoms with Crippen LogP contribution in [-0.2, 0) is 21.4 Å². The molecule has 0 aliphatic carbocycles. The summed E-state index contributed by atoms with van der Waals surface area (Å²) < 4.78 is 26.6. The van der Waals surface area contributed by atoms with Gasteiger partial charge in [0.1, 0.15) is 4.90 Å². The van der Waals surface area contributed by atoms with Gasteiger partial charge in [0.2, 0.25) is 15.9 Å². The van der Waals surface area contributed by atoms with E-state index in [0.717, 1.165) is 12.8 Å². The Hall–Kier alpha value is -2.33. The lowest BCUT2D eigenvalue weighted by molar-refractivity contribution is -0.129. The maximum Gasteiger partial charge on any atom is 0.244 e. The number of carbonyl (C=O) groups excluding carboxylic acids is 1. The van der Waals surface area contributed by atoms with E-state index in [-0.39, 0.29) is 23.4 Å². The van der Waals surface area contributed by atoms with E-state index >= 15 is 0 Å². The molecular weight excluding hydrogens is 332 g/mol. The number of nitrogens with zero attached hydrogens (tertiary/aromatic N) is 4. The van der Waals surface area contributed by atoms with Gasteiger partial charge in [0.15, 0.2) is 0 Å². The smallest absolute Gasteiger partial charge is 0.244 e. The van der Waals surface area contributed by atoms with Gasteiger partial charge in [0, 0.05) is 25.9 Å². The van der Waals surface area contributed by atoms with E-state index in [9.17, 15) is 13.2 Å². The van der Waals surface area contributed by atoms with Gasteiger partial charge in [0.05, 0.1) is 36.4 Å². The Morgan fingerprint density at radius 1 is 1.42 bits per heavy atom. The van der Waals surface area contributed by atoms with Crippen molar-refractivity contribution >= 4 is 15.9 Å². The molecule has 3 rings (SSSR count). The molecule has 0 bridgehead atoms. The van der Waals surface area contributed by atoms with Crippen LogP contribution in [0.2, 0.25) is 0 Å². The van der Waals surface area contributed by atoms with Crippen molar-refractivity contribution in [1.82, 2.24) is 29.8 Å². The Morgan fingerprint density at radius 2 is 2.25 bits per heavy atom. The predicted molar refractivity (Wildman–Crippen MR) is 84.0 cm³/mol. The highest BCUT2D eigenvalue weighted by molar-refractivity contribution is 7.89. The molecule has 1 aliphatic heterocycles. The third-order valence-corrected chi connectivity index (χ3v) is 5.30. The molecule has 24 heavy (non-hydrogen) atoms. The molecule has 128 valence electrons. The van der Waals surface area contributed by atoms with E-state index in [4.69, 9.17) is 0 Å². The average molecular weight is 350 g/mol. The first kappa shape index (κ1) is 16.5. The van der Waals surface area contributed by atoms with Crippen LogP contribution >= 0.6 is 0 Å². The minimum atomic E-state index is -3.65. The molecule has 1 aliphatic rings. The Bertz CT molecular complexity index is 821. The minimum Gasteiger partial charge on any atom is -0.334 e. The molecule has 2 N–H and O–H groups in total. The van der Waals surface area contributed by atoms with Crippen LogP contribution < -0.4 is 4.72 Å². The quantitative estimate of drug-likeness (QED) is 0.803. The lowest BCUT2D eigenvalue weighted by Gasteiger charge is -2.22. The summed E-state index contributed by atoms with van der Waals surface area (Å²) in [5.41, 5.74) is 1.18. The number of aromatic amines is 1. The molecule has 3 heterocycles.